The largest absolute Gasteiger partial charge is 0.410 e. The highest BCUT2D eigenvalue weighted by molar-refractivity contribution is 6.70. The third-order valence-corrected chi connectivity index (χ3v) is 5.11. The molecule has 5 unspecified atom stereocenters. The van der Waals surface area contributed by atoms with E-state index in [0.29, 0.717) is 0 Å². The van der Waals surface area contributed by atoms with Gasteiger partial charge >= 0.3 is 0 Å². The molecule has 8 heteroatoms. The zero-order chi connectivity index (χ0) is 17.3. The molecule has 2 N–H and O–H groups in total. The normalized spacial score (nSPS) is 33.6. The molecule has 1 aliphatic heterocycles. The minimum absolute atomic E-state index is 0.224. The Labute approximate surface area is 135 Å². The number of aliphatic hydroxyl groups excluding tert-OH is 1. The van der Waals surface area contributed by atoms with Gasteiger partial charge in [0.15, 0.2) is 22.9 Å². The Morgan fingerprint density at radius 3 is 1.91 bits per heavy atom. The SMILES string of the molecule is CC(=O)NC1C(O)OC(C)C(O[Si](C)(C)C)C1O[Si](C)(C)C. The van der Waals surface area contributed by atoms with Crippen molar-refractivity contribution in [3.63, 3.8) is 0 Å². The van der Waals surface area contributed by atoms with Crippen LogP contribution in [0.5, 0.6) is 0 Å². The molecular formula is C14H31NO5Si2. The van der Waals surface area contributed by atoms with Gasteiger partial charge in [0.05, 0.1) is 18.3 Å². The number of carbonyl (C=O) groups is 1. The first-order chi connectivity index (χ1) is 9.80. The van der Waals surface area contributed by atoms with Crippen LogP contribution in [0.3, 0.4) is 0 Å². The van der Waals surface area contributed by atoms with Gasteiger partial charge in [-0.25, -0.2) is 0 Å². The maximum Gasteiger partial charge on any atom is 0.217 e. The number of hydrogen-bond acceptors (Lipinski definition) is 5. The van der Waals surface area contributed by atoms with Gasteiger partial charge in [-0.15, -0.1) is 0 Å². The molecule has 1 heterocycles. The first-order valence-corrected chi connectivity index (χ1v) is 14.6. The summed E-state index contributed by atoms with van der Waals surface area (Å²) in [5.74, 6) is -0.224. The Kier molecular flexibility index (Phi) is 6.39. The Balaban J connectivity index is 3.10. The van der Waals surface area contributed by atoms with E-state index in [1.807, 2.05) is 6.92 Å². The van der Waals surface area contributed by atoms with Gasteiger partial charge in [-0.1, -0.05) is 0 Å². The molecule has 6 nitrogen and oxygen atoms in total. The van der Waals surface area contributed by atoms with Crippen molar-refractivity contribution in [2.24, 2.45) is 0 Å². The van der Waals surface area contributed by atoms with Crippen molar-refractivity contribution < 1.29 is 23.5 Å². The standard InChI is InChI=1S/C14H31NO5Si2/c1-9-12(19-21(3,4)5)13(20-22(6,7)8)11(14(17)18-9)15-10(2)16/h9,11-14,17H,1-8H3,(H,15,16). The van der Waals surface area contributed by atoms with E-state index >= 15 is 0 Å². The molecule has 0 radical (unpaired) electrons. The van der Waals surface area contributed by atoms with Crippen LogP contribution in [0.1, 0.15) is 13.8 Å². The van der Waals surface area contributed by atoms with Crippen LogP contribution in [0.25, 0.3) is 0 Å². The van der Waals surface area contributed by atoms with Crippen LogP contribution in [0, 0.1) is 0 Å². The molecule has 0 saturated carbocycles. The second-order valence-electron chi connectivity index (χ2n) is 7.85. The lowest BCUT2D eigenvalue weighted by Crippen LogP contribution is -2.66. The molecule has 0 aromatic rings. The molecule has 1 aliphatic rings. The molecule has 1 amide bonds. The van der Waals surface area contributed by atoms with Gasteiger partial charge < -0.3 is 24.0 Å². The Morgan fingerprint density at radius 1 is 1.05 bits per heavy atom. The summed E-state index contributed by atoms with van der Waals surface area (Å²) in [4.78, 5) is 11.5. The fourth-order valence-electron chi connectivity index (χ4n) is 2.52. The number of nitrogens with one attached hydrogen (secondary N) is 1. The lowest BCUT2D eigenvalue weighted by molar-refractivity contribution is -0.235. The van der Waals surface area contributed by atoms with E-state index < -0.39 is 35.1 Å². The average molecular weight is 350 g/mol. The summed E-state index contributed by atoms with van der Waals surface area (Å²) in [7, 11) is -3.73. The smallest absolute Gasteiger partial charge is 0.217 e. The Morgan fingerprint density at radius 2 is 1.50 bits per heavy atom. The fraction of sp³-hybridized carbons (Fsp3) is 0.929. The van der Waals surface area contributed by atoms with Crippen LogP contribution in [-0.2, 0) is 18.4 Å². The molecule has 0 aromatic heterocycles. The quantitative estimate of drug-likeness (QED) is 0.738. The number of amides is 1. The summed E-state index contributed by atoms with van der Waals surface area (Å²) < 4.78 is 18.1. The summed E-state index contributed by atoms with van der Waals surface area (Å²) in [6.45, 7) is 15.8. The van der Waals surface area contributed by atoms with Crippen LogP contribution in [0.15, 0.2) is 0 Å². The second kappa shape index (κ2) is 7.10. The predicted molar refractivity (Wildman–Crippen MR) is 90.6 cm³/mol. The third-order valence-electron chi connectivity index (χ3n) is 3.15. The Bertz CT molecular complexity index is 394. The van der Waals surface area contributed by atoms with Crippen molar-refractivity contribution in [1.29, 1.82) is 0 Å². The van der Waals surface area contributed by atoms with Gasteiger partial charge in [0, 0.05) is 6.92 Å². The number of carbonyl (C=O) groups excluding carboxylic acids is 1. The fourth-order valence-corrected chi connectivity index (χ4v) is 4.76. The van der Waals surface area contributed by atoms with Gasteiger partial charge in [-0.3, -0.25) is 4.79 Å². The van der Waals surface area contributed by atoms with Crippen LogP contribution in [-0.4, -0.2) is 58.3 Å². The Hall–Kier alpha value is -0.256. The molecule has 0 aliphatic carbocycles. The van der Waals surface area contributed by atoms with E-state index in [4.69, 9.17) is 13.6 Å². The summed E-state index contributed by atoms with van der Waals surface area (Å²) >= 11 is 0. The van der Waals surface area contributed by atoms with Crippen molar-refractivity contribution >= 4 is 22.5 Å². The number of hydrogen-bond donors (Lipinski definition) is 2. The van der Waals surface area contributed by atoms with Crippen LogP contribution >= 0.6 is 0 Å². The first-order valence-electron chi connectivity index (χ1n) is 7.76. The van der Waals surface area contributed by atoms with Gasteiger partial charge in [-0.05, 0) is 46.2 Å². The average Bonchev–Trinajstić information content (AvgIpc) is 2.25. The summed E-state index contributed by atoms with van der Waals surface area (Å²) in [6, 6.07) is -0.623. The number of rotatable bonds is 5. The zero-order valence-corrected chi connectivity index (χ0v) is 17.0. The highest BCUT2D eigenvalue weighted by Crippen LogP contribution is 2.29. The summed E-state index contributed by atoms with van der Waals surface area (Å²) in [5, 5.41) is 13.0. The lowest BCUT2D eigenvalue weighted by Gasteiger charge is -2.47. The number of ether oxygens (including phenoxy) is 1. The first kappa shape index (κ1) is 19.8. The summed E-state index contributed by atoms with van der Waals surface area (Å²) in [6.07, 6.45) is -2.12. The lowest BCUT2D eigenvalue weighted by atomic mass is 9.97. The van der Waals surface area contributed by atoms with E-state index in [0.717, 1.165) is 0 Å². The molecule has 0 aromatic carbocycles. The van der Waals surface area contributed by atoms with Crippen molar-refractivity contribution in [1.82, 2.24) is 5.32 Å². The highest BCUT2D eigenvalue weighted by Gasteiger charge is 2.48. The van der Waals surface area contributed by atoms with Crippen LogP contribution in [0.4, 0.5) is 0 Å². The molecule has 1 fully saturated rings. The molecule has 1 rings (SSSR count). The minimum atomic E-state index is -1.90. The van der Waals surface area contributed by atoms with Gasteiger partial charge in [-0.2, -0.15) is 0 Å². The molecule has 22 heavy (non-hydrogen) atoms. The predicted octanol–water partition coefficient (Wildman–Crippen LogP) is 1.67. The zero-order valence-electron chi connectivity index (χ0n) is 15.0. The maximum atomic E-state index is 11.5. The monoisotopic (exact) mass is 349 g/mol. The van der Waals surface area contributed by atoms with E-state index in [1.54, 1.807) is 0 Å². The molecule has 0 spiro atoms. The van der Waals surface area contributed by atoms with E-state index in [1.165, 1.54) is 6.92 Å². The molecule has 1 saturated heterocycles. The van der Waals surface area contributed by atoms with Crippen molar-refractivity contribution in [2.45, 2.75) is 83.8 Å². The summed E-state index contributed by atoms with van der Waals surface area (Å²) in [5.41, 5.74) is 0. The van der Waals surface area contributed by atoms with Crippen molar-refractivity contribution in [2.75, 3.05) is 0 Å². The van der Waals surface area contributed by atoms with Crippen LogP contribution in [0.2, 0.25) is 39.3 Å². The van der Waals surface area contributed by atoms with Gasteiger partial charge in [0.1, 0.15) is 6.04 Å². The maximum absolute atomic E-state index is 11.5. The molecule has 0 bridgehead atoms. The topological polar surface area (TPSA) is 77.0 Å². The van der Waals surface area contributed by atoms with E-state index in [-0.39, 0.29) is 18.1 Å². The molecular weight excluding hydrogens is 318 g/mol. The molecule has 5 atom stereocenters. The van der Waals surface area contributed by atoms with Crippen molar-refractivity contribution in [3.8, 4) is 0 Å². The molecule has 130 valence electrons. The number of aliphatic hydroxyl groups is 1. The van der Waals surface area contributed by atoms with Crippen molar-refractivity contribution in [3.05, 3.63) is 0 Å². The van der Waals surface area contributed by atoms with E-state index in [9.17, 15) is 9.90 Å². The van der Waals surface area contributed by atoms with Crippen LogP contribution < -0.4 is 5.32 Å². The highest BCUT2D eigenvalue weighted by atomic mass is 28.4. The second-order valence-corrected chi connectivity index (χ2v) is 16.8. The van der Waals surface area contributed by atoms with Gasteiger partial charge in [0.2, 0.25) is 5.91 Å². The van der Waals surface area contributed by atoms with Gasteiger partial charge in [0.25, 0.3) is 0 Å². The minimum Gasteiger partial charge on any atom is -0.410 e. The van der Waals surface area contributed by atoms with E-state index in [2.05, 4.69) is 44.6 Å². The third kappa shape index (κ3) is 6.09.